The number of carbonyl (C=O) groups is 1. The lowest BCUT2D eigenvalue weighted by Crippen LogP contribution is -2.58. The summed E-state index contributed by atoms with van der Waals surface area (Å²) in [4.78, 5) is 32.3. The van der Waals surface area contributed by atoms with Gasteiger partial charge in [0.05, 0.1) is 30.8 Å². The van der Waals surface area contributed by atoms with Crippen molar-refractivity contribution in [1.82, 2.24) is 25.1 Å². The Labute approximate surface area is 259 Å². The molecule has 230 valence electrons. The first-order valence-electron chi connectivity index (χ1n) is 16.0. The van der Waals surface area contributed by atoms with Crippen molar-refractivity contribution in [2.24, 2.45) is 0 Å². The van der Waals surface area contributed by atoms with Crippen molar-refractivity contribution in [3.05, 3.63) is 53.2 Å². The summed E-state index contributed by atoms with van der Waals surface area (Å²) in [5, 5.41) is 15.4. The van der Waals surface area contributed by atoms with Crippen LogP contribution in [0.3, 0.4) is 0 Å². The number of likely N-dealkylation sites (N-methyl/N-ethyl adjacent to an activating group) is 1. The minimum atomic E-state index is -0.498. The van der Waals surface area contributed by atoms with Crippen LogP contribution < -0.4 is 19.9 Å². The molecule has 10 nitrogen and oxygen atoms in total. The Kier molecular flexibility index (Phi) is 7.55. The normalized spacial score (nSPS) is 25.2. The van der Waals surface area contributed by atoms with E-state index in [2.05, 4.69) is 76.5 Å². The third-order valence-corrected chi connectivity index (χ3v) is 10.1. The third-order valence-electron chi connectivity index (χ3n) is 10.1. The van der Waals surface area contributed by atoms with E-state index in [4.69, 9.17) is 14.7 Å². The van der Waals surface area contributed by atoms with Crippen molar-refractivity contribution in [2.75, 3.05) is 62.7 Å². The smallest absolute Gasteiger partial charge is 0.318 e. The number of nitriles is 1. The second-order valence-corrected chi connectivity index (χ2v) is 13.1. The van der Waals surface area contributed by atoms with E-state index in [-0.39, 0.29) is 18.4 Å². The summed E-state index contributed by atoms with van der Waals surface area (Å²) in [7, 11) is 2.15. The monoisotopic (exact) mass is 594 g/mol. The molecule has 0 radical (unpaired) electrons. The summed E-state index contributed by atoms with van der Waals surface area (Å²) < 4.78 is 6.34. The standard InChI is InChI=1S/C34H42N8O2/c1-23-7-4-8-24-9-5-11-29(30(23)24)40-16-13-27-28(20-40)37-33(44-21-26-10-6-15-39(26)3)38-31(27)41-17-18-42(25(19-41)12-14-35)32(43)34(2)22-36-34/h4-5,7-9,11,25-26,36H,6,10,12-13,15-22H2,1-3H3/t25-,26-,34?/m0/s1. The number of likely N-dealkylation sites (tertiary alicyclic amines) is 1. The average Bonchev–Trinajstić information content (AvgIpc) is 3.66. The molecule has 7 rings (SSSR count). The van der Waals surface area contributed by atoms with E-state index in [9.17, 15) is 10.1 Å². The van der Waals surface area contributed by atoms with Crippen LogP contribution in [-0.2, 0) is 17.8 Å². The SMILES string of the molecule is Cc1cccc2cccc(N3CCc4c(nc(OC[C@@H]5CCCN5C)nc4N4CCN(C(=O)C5(C)CN5)[C@@H](CC#N)C4)C3)c12. The van der Waals surface area contributed by atoms with Crippen LogP contribution in [0.1, 0.15) is 43.0 Å². The fourth-order valence-corrected chi connectivity index (χ4v) is 7.25. The fourth-order valence-electron chi connectivity index (χ4n) is 7.25. The number of hydrogen-bond acceptors (Lipinski definition) is 9. The third kappa shape index (κ3) is 5.33. The topological polar surface area (TPSA) is 111 Å². The molecule has 0 saturated carbocycles. The van der Waals surface area contributed by atoms with E-state index < -0.39 is 5.54 Å². The van der Waals surface area contributed by atoms with Gasteiger partial charge in [0.1, 0.15) is 18.0 Å². The molecule has 1 N–H and O–H groups in total. The van der Waals surface area contributed by atoms with Crippen LogP contribution in [0.5, 0.6) is 6.01 Å². The maximum absolute atomic E-state index is 13.3. The number of rotatable bonds is 7. The van der Waals surface area contributed by atoms with Crippen molar-refractivity contribution in [3.8, 4) is 12.1 Å². The second kappa shape index (κ2) is 11.5. The zero-order valence-electron chi connectivity index (χ0n) is 26.1. The van der Waals surface area contributed by atoms with Crippen LogP contribution >= 0.6 is 0 Å². The number of nitrogens with zero attached hydrogens (tertiary/aromatic N) is 7. The van der Waals surface area contributed by atoms with Crippen LogP contribution in [0.4, 0.5) is 11.5 Å². The summed E-state index contributed by atoms with van der Waals surface area (Å²) in [5.74, 6) is 0.983. The molecule has 44 heavy (non-hydrogen) atoms. The molecule has 4 aliphatic heterocycles. The predicted molar refractivity (Wildman–Crippen MR) is 171 cm³/mol. The van der Waals surface area contributed by atoms with E-state index >= 15 is 0 Å². The van der Waals surface area contributed by atoms with Crippen molar-refractivity contribution < 1.29 is 9.53 Å². The molecular weight excluding hydrogens is 552 g/mol. The van der Waals surface area contributed by atoms with E-state index in [0.717, 1.165) is 43.0 Å². The van der Waals surface area contributed by atoms with E-state index in [0.29, 0.717) is 51.4 Å². The van der Waals surface area contributed by atoms with Gasteiger partial charge in [-0.3, -0.25) is 4.79 Å². The Bertz CT molecular complexity index is 1610. The van der Waals surface area contributed by atoms with Crippen molar-refractivity contribution in [2.45, 2.75) is 63.7 Å². The van der Waals surface area contributed by atoms with Crippen molar-refractivity contribution >= 4 is 28.2 Å². The van der Waals surface area contributed by atoms with Crippen LogP contribution in [-0.4, -0.2) is 96.2 Å². The van der Waals surface area contributed by atoms with Crippen LogP contribution in [0.15, 0.2) is 36.4 Å². The minimum Gasteiger partial charge on any atom is -0.462 e. The van der Waals surface area contributed by atoms with E-state index in [1.165, 1.54) is 28.4 Å². The number of carbonyl (C=O) groups excluding carboxylic acids is 1. The molecule has 4 aliphatic rings. The molecule has 0 spiro atoms. The number of aryl methyl sites for hydroxylation is 1. The van der Waals surface area contributed by atoms with Gasteiger partial charge in [0.25, 0.3) is 0 Å². The second-order valence-electron chi connectivity index (χ2n) is 13.1. The molecule has 1 unspecified atom stereocenters. The summed E-state index contributed by atoms with van der Waals surface area (Å²) in [6.45, 7) is 9.77. The number of fused-ring (bicyclic) bond motifs is 2. The summed E-state index contributed by atoms with van der Waals surface area (Å²) in [6.07, 6.45) is 3.39. The highest BCUT2D eigenvalue weighted by atomic mass is 16.5. The van der Waals surface area contributed by atoms with Crippen molar-refractivity contribution in [3.63, 3.8) is 0 Å². The predicted octanol–water partition coefficient (Wildman–Crippen LogP) is 3.27. The fraction of sp³-hybridized carbons (Fsp3) is 0.529. The molecular formula is C34H42N8O2. The summed E-state index contributed by atoms with van der Waals surface area (Å²) in [5.41, 5.74) is 4.14. The number of amides is 1. The highest BCUT2D eigenvalue weighted by Crippen LogP contribution is 2.36. The molecule has 1 aromatic heterocycles. The maximum Gasteiger partial charge on any atom is 0.318 e. The Morgan fingerprint density at radius 3 is 2.68 bits per heavy atom. The molecule has 0 bridgehead atoms. The van der Waals surface area contributed by atoms with Crippen molar-refractivity contribution in [1.29, 1.82) is 5.26 Å². The molecule has 5 heterocycles. The van der Waals surface area contributed by atoms with Gasteiger partial charge in [-0.1, -0.05) is 30.3 Å². The molecule has 2 aromatic carbocycles. The maximum atomic E-state index is 13.3. The van der Waals surface area contributed by atoms with Gasteiger partial charge < -0.3 is 29.7 Å². The van der Waals surface area contributed by atoms with Crippen LogP contribution in [0.2, 0.25) is 0 Å². The molecule has 3 saturated heterocycles. The molecule has 10 heteroatoms. The lowest BCUT2D eigenvalue weighted by molar-refractivity contribution is -0.136. The number of benzene rings is 2. The number of piperazine rings is 1. The Balaban J connectivity index is 1.21. The van der Waals surface area contributed by atoms with Gasteiger partial charge in [-0.25, -0.2) is 0 Å². The summed E-state index contributed by atoms with van der Waals surface area (Å²) >= 11 is 0. The number of anilines is 2. The first kappa shape index (κ1) is 28.8. The van der Waals surface area contributed by atoms with Gasteiger partial charge in [0.2, 0.25) is 5.91 Å². The van der Waals surface area contributed by atoms with Gasteiger partial charge in [-0.05, 0) is 63.7 Å². The first-order valence-corrected chi connectivity index (χ1v) is 16.0. The lowest BCUT2D eigenvalue weighted by Gasteiger charge is -2.43. The largest absolute Gasteiger partial charge is 0.462 e. The molecule has 0 aliphatic carbocycles. The first-order chi connectivity index (χ1) is 21.3. The summed E-state index contributed by atoms with van der Waals surface area (Å²) in [6, 6.07) is 15.9. The quantitative estimate of drug-likeness (QED) is 0.412. The minimum absolute atomic E-state index is 0.0906. The molecule has 1 amide bonds. The molecule has 3 aromatic rings. The lowest BCUT2D eigenvalue weighted by atomic mass is 9.99. The Morgan fingerprint density at radius 1 is 1.11 bits per heavy atom. The van der Waals surface area contributed by atoms with Crippen LogP contribution in [0, 0.1) is 18.3 Å². The van der Waals surface area contributed by atoms with Gasteiger partial charge >= 0.3 is 6.01 Å². The molecule has 3 fully saturated rings. The zero-order valence-corrected chi connectivity index (χ0v) is 26.1. The van der Waals surface area contributed by atoms with E-state index in [1.807, 2.05) is 11.8 Å². The zero-order chi connectivity index (χ0) is 30.4. The number of ether oxygens (including phenoxy) is 1. The number of aromatic nitrogens is 2. The van der Waals surface area contributed by atoms with E-state index in [1.54, 1.807) is 0 Å². The number of nitrogens with one attached hydrogen (secondary N) is 1. The van der Waals surface area contributed by atoms with Crippen LogP contribution in [0.25, 0.3) is 10.8 Å². The Morgan fingerprint density at radius 2 is 1.93 bits per heavy atom. The molecule has 3 atom stereocenters. The highest BCUT2D eigenvalue weighted by Gasteiger charge is 2.49. The van der Waals surface area contributed by atoms with Gasteiger partial charge in [-0.15, -0.1) is 0 Å². The van der Waals surface area contributed by atoms with Gasteiger partial charge in [-0.2, -0.15) is 15.2 Å². The van der Waals surface area contributed by atoms with Gasteiger partial charge in [0, 0.05) is 55.4 Å². The Hall–Kier alpha value is -3.94. The van der Waals surface area contributed by atoms with Gasteiger partial charge in [0.15, 0.2) is 0 Å². The highest BCUT2D eigenvalue weighted by molar-refractivity contribution is 5.97. The average molecular weight is 595 g/mol. The number of hydrogen-bond donors (Lipinski definition) is 1.